The number of pyridine rings is 1. The summed E-state index contributed by atoms with van der Waals surface area (Å²) in [6, 6.07) is 2.64. The van der Waals surface area contributed by atoms with Gasteiger partial charge in [0.25, 0.3) is 0 Å². The normalized spacial score (nSPS) is 24.4. The van der Waals surface area contributed by atoms with Crippen molar-refractivity contribution < 1.29 is 10.2 Å². The molecule has 0 radical (unpaired) electrons. The Labute approximate surface area is 158 Å². The second-order valence-electron chi connectivity index (χ2n) is 6.62. The lowest BCUT2D eigenvalue weighted by Crippen LogP contribution is -2.55. The van der Waals surface area contributed by atoms with Crippen LogP contribution >= 0.6 is 15.9 Å². The Balaban J connectivity index is 0.00000109. The molecule has 4 N–H and O–H groups in total. The highest BCUT2D eigenvalue weighted by atomic mass is 79.9. The topological polar surface area (TPSA) is 92.5 Å². The van der Waals surface area contributed by atoms with Gasteiger partial charge < -0.3 is 25.8 Å². The van der Waals surface area contributed by atoms with Crippen molar-refractivity contribution in [2.75, 3.05) is 25.1 Å². The number of nitrogens with zero attached hydrogens (tertiary/aromatic N) is 2. The van der Waals surface area contributed by atoms with Crippen molar-refractivity contribution in [2.45, 2.75) is 56.7 Å². The van der Waals surface area contributed by atoms with Gasteiger partial charge in [0.15, 0.2) is 0 Å². The van der Waals surface area contributed by atoms with Crippen LogP contribution in [0.25, 0.3) is 0 Å². The van der Waals surface area contributed by atoms with Crippen LogP contribution in [0, 0.1) is 5.41 Å². The van der Waals surface area contributed by atoms with Gasteiger partial charge in [-0.2, -0.15) is 0 Å². The van der Waals surface area contributed by atoms with Crippen LogP contribution in [0.15, 0.2) is 16.7 Å². The minimum absolute atomic E-state index is 0.174. The van der Waals surface area contributed by atoms with Crippen molar-refractivity contribution in [3.05, 3.63) is 22.3 Å². The van der Waals surface area contributed by atoms with Crippen LogP contribution in [0.5, 0.6) is 0 Å². The number of aromatic nitrogens is 1. The summed E-state index contributed by atoms with van der Waals surface area (Å²) in [5, 5.41) is 28.8. The number of rotatable bonds is 4. The average molecular weight is 413 g/mol. The Bertz CT molecular complexity index is 552. The number of hydrogen-bond acceptors (Lipinski definition) is 6. The van der Waals surface area contributed by atoms with Crippen LogP contribution in [-0.2, 0) is 0 Å². The second-order valence-corrected chi connectivity index (χ2v) is 7.54. The van der Waals surface area contributed by atoms with Crippen molar-refractivity contribution in [2.24, 2.45) is 0 Å². The van der Waals surface area contributed by atoms with E-state index < -0.39 is 6.10 Å². The Morgan fingerprint density at radius 2 is 2.00 bits per heavy atom. The van der Waals surface area contributed by atoms with Crippen LogP contribution in [0.4, 0.5) is 5.82 Å². The summed E-state index contributed by atoms with van der Waals surface area (Å²) in [7, 11) is 1.00. The molecule has 2 atom stereocenters. The molecule has 0 aromatic carbocycles. The van der Waals surface area contributed by atoms with E-state index in [1.807, 2.05) is 6.07 Å². The lowest BCUT2D eigenvalue weighted by Gasteiger charge is -2.39. The molecule has 25 heavy (non-hydrogen) atoms. The van der Waals surface area contributed by atoms with Gasteiger partial charge in [-0.05, 0) is 41.3 Å². The second kappa shape index (κ2) is 10.2. The molecule has 0 spiro atoms. The number of aliphatic hydroxyl groups is 2. The van der Waals surface area contributed by atoms with Gasteiger partial charge in [0, 0.05) is 54.7 Å². The molecule has 2 unspecified atom stereocenters. The van der Waals surface area contributed by atoms with E-state index >= 15 is 0 Å². The van der Waals surface area contributed by atoms with Crippen molar-refractivity contribution in [1.29, 1.82) is 5.41 Å². The van der Waals surface area contributed by atoms with E-state index in [2.05, 4.69) is 31.1 Å². The van der Waals surface area contributed by atoms with E-state index in [1.54, 1.807) is 6.20 Å². The fraction of sp³-hybridized carbons (Fsp3) is 0.667. The highest BCUT2D eigenvalue weighted by Gasteiger charge is 2.30. The highest BCUT2D eigenvalue weighted by molar-refractivity contribution is 9.10. The molecule has 2 fully saturated rings. The number of aliphatic hydroxyl groups excluding tert-OH is 2. The van der Waals surface area contributed by atoms with Crippen LogP contribution in [0.2, 0.25) is 0 Å². The third-order valence-electron chi connectivity index (χ3n) is 4.95. The van der Waals surface area contributed by atoms with Gasteiger partial charge in [-0.1, -0.05) is 19.3 Å². The number of anilines is 1. The maximum absolute atomic E-state index is 10.6. The van der Waals surface area contributed by atoms with Crippen molar-refractivity contribution in [1.82, 2.24) is 10.3 Å². The zero-order chi connectivity index (χ0) is 18.2. The lowest BCUT2D eigenvalue weighted by atomic mass is 9.92. The van der Waals surface area contributed by atoms with Crippen molar-refractivity contribution >= 4 is 28.0 Å². The molecule has 1 aliphatic carbocycles. The van der Waals surface area contributed by atoms with Crippen molar-refractivity contribution in [3.63, 3.8) is 0 Å². The molecule has 0 bridgehead atoms. The quantitative estimate of drug-likeness (QED) is 0.569. The zero-order valence-corrected chi connectivity index (χ0v) is 16.4. The summed E-state index contributed by atoms with van der Waals surface area (Å²) >= 11 is 3.39. The third kappa shape index (κ3) is 5.48. The maximum atomic E-state index is 10.6. The Hall–Kier alpha value is -1.02. The summed E-state index contributed by atoms with van der Waals surface area (Å²) in [6.45, 7) is 1.43. The monoisotopic (exact) mass is 412 g/mol. The Morgan fingerprint density at radius 1 is 1.28 bits per heavy atom. The third-order valence-corrected chi connectivity index (χ3v) is 5.39. The first-order chi connectivity index (χ1) is 12.2. The van der Waals surface area contributed by atoms with Crippen LogP contribution in [0.1, 0.15) is 44.1 Å². The molecule has 0 amide bonds. The molecule has 1 aliphatic heterocycles. The number of halogens is 1. The van der Waals surface area contributed by atoms with Gasteiger partial charge in [0.1, 0.15) is 5.82 Å². The van der Waals surface area contributed by atoms with Gasteiger partial charge in [-0.3, -0.25) is 0 Å². The van der Waals surface area contributed by atoms with E-state index in [1.165, 1.54) is 38.3 Å². The summed E-state index contributed by atoms with van der Waals surface area (Å²) < 4.78 is 0.870. The average Bonchev–Trinajstić information content (AvgIpc) is 2.66. The minimum atomic E-state index is -0.394. The Morgan fingerprint density at radius 3 is 2.64 bits per heavy atom. The molecule has 7 heteroatoms. The van der Waals surface area contributed by atoms with Gasteiger partial charge in [0.2, 0.25) is 0 Å². The van der Waals surface area contributed by atoms with E-state index in [0.717, 1.165) is 35.9 Å². The van der Waals surface area contributed by atoms with Gasteiger partial charge in [0.05, 0.1) is 6.10 Å². The number of nitrogens with one attached hydrogen (secondary N) is 2. The smallest absolute Gasteiger partial charge is 0.137 e. The van der Waals surface area contributed by atoms with Crippen LogP contribution in [0.3, 0.4) is 0 Å². The van der Waals surface area contributed by atoms with Crippen LogP contribution in [-0.4, -0.2) is 59.8 Å². The molecule has 1 saturated carbocycles. The molecule has 2 aliphatic rings. The first-order valence-corrected chi connectivity index (χ1v) is 9.76. The molecule has 2 heterocycles. The fourth-order valence-corrected chi connectivity index (χ4v) is 4.06. The van der Waals surface area contributed by atoms with E-state index in [9.17, 15) is 5.11 Å². The van der Waals surface area contributed by atoms with Crippen molar-refractivity contribution in [3.8, 4) is 0 Å². The van der Waals surface area contributed by atoms with Crippen LogP contribution < -0.4 is 10.2 Å². The first kappa shape index (κ1) is 20.3. The standard InChI is InChI=1S/C17H25BrN4O.CH4O/c18-13-8-12(9-19)17(20-10-13)22-7-6-15(16(23)11-22)21-14-4-2-1-3-5-14;1-2/h8-10,14-16,19,21,23H,1-7,11H2;2H,1H3. The number of hydrogen-bond donors (Lipinski definition) is 4. The molecular weight excluding hydrogens is 384 g/mol. The molecule has 6 nitrogen and oxygen atoms in total. The predicted molar refractivity (Wildman–Crippen MR) is 105 cm³/mol. The summed E-state index contributed by atoms with van der Waals surface area (Å²) in [5.41, 5.74) is 0.783. The largest absolute Gasteiger partial charge is 0.400 e. The lowest BCUT2D eigenvalue weighted by molar-refractivity contribution is 0.103. The summed E-state index contributed by atoms with van der Waals surface area (Å²) in [5.74, 6) is 0.790. The maximum Gasteiger partial charge on any atom is 0.137 e. The number of piperidine rings is 1. The van der Waals surface area contributed by atoms with Gasteiger partial charge in [-0.15, -0.1) is 0 Å². The predicted octanol–water partition coefficient (Wildman–Crippen LogP) is 2.31. The van der Waals surface area contributed by atoms with E-state index in [4.69, 9.17) is 10.5 Å². The summed E-state index contributed by atoms with van der Waals surface area (Å²) in [4.78, 5) is 6.54. The Kier molecular flexibility index (Phi) is 8.29. The van der Waals surface area contributed by atoms with E-state index in [0.29, 0.717) is 12.6 Å². The SMILES string of the molecule is CO.N=Cc1cc(Br)cnc1N1CCC(NC2CCCCC2)C(O)C1. The summed E-state index contributed by atoms with van der Waals surface area (Å²) in [6.07, 6.45) is 10.0. The molecule has 3 rings (SSSR count). The first-order valence-electron chi connectivity index (χ1n) is 8.97. The minimum Gasteiger partial charge on any atom is -0.400 e. The van der Waals surface area contributed by atoms with Gasteiger partial charge >= 0.3 is 0 Å². The van der Waals surface area contributed by atoms with E-state index in [-0.39, 0.29) is 6.04 Å². The highest BCUT2D eigenvalue weighted by Crippen LogP contribution is 2.25. The molecule has 1 aromatic heterocycles. The number of β-amino-alcohol motifs (C(OH)–C–C–N with tert-alkyl or cyclic N) is 1. The molecule has 1 aromatic rings. The van der Waals surface area contributed by atoms with Gasteiger partial charge in [-0.25, -0.2) is 4.98 Å². The zero-order valence-electron chi connectivity index (χ0n) is 14.8. The molecular formula is C18H29BrN4O2. The molecule has 140 valence electrons. The fourth-order valence-electron chi connectivity index (χ4n) is 3.71. The molecule has 1 saturated heterocycles.